The zero-order chi connectivity index (χ0) is 14.5. The van der Waals surface area contributed by atoms with Crippen LogP contribution in [0.1, 0.15) is 36.9 Å². The molecule has 1 atom stereocenters. The van der Waals surface area contributed by atoms with Crippen molar-refractivity contribution in [3.05, 3.63) is 65.5 Å². The molecule has 0 aromatic heterocycles. The van der Waals surface area contributed by atoms with Crippen LogP contribution in [0.5, 0.6) is 0 Å². The molecule has 0 aliphatic rings. The van der Waals surface area contributed by atoms with Crippen LogP contribution in [-0.4, -0.2) is 5.75 Å². The van der Waals surface area contributed by atoms with E-state index in [0.29, 0.717) is 5.92 Å². The molecule has 0 fully saturated rings. The van der Waals surface area contributed by atoms with Gasteiger partial charge >= 0.3 is 0 Å². The Morgan fingerprint density at radius 1 is 1.05 bits per heavy atom. The summed E-state index contributed by atoms with van der Waals surface area (Å²) in [5.41, 5.74) is 8.28. The highest BCUT2D eigenvalue weighted by Crippen LogP contribution is 2.25. The number of thioether (sulfide) groups is 1. The van der Waals surface area contributed by atoms with Crippen LogP contribution in [0.3, 0.4) is 0 Å². The van der Waals surface area contributed by atoms with E-state index < -0.39 is 0 Å². The van der Waals surface area contributed by atoms with Crippen molar-refractivity contribution in [2.24, 2.45) is 5.73 Å². The molecule has 3 heteroatoms. The molecule has 20 heavy (non-hydrogen) atoms. The van der Waals surface area contributed by atoms with Gasteiger partial charge in [-0.1, -0.05) is 38.1 Å². The first-order valence-corrected chi connectivity index (χ1v) is 7.78. The molecule has 0 saturated heterocycles. The smallest absolute Gasteiger partial charge is 0.123 e. The molecule has 1 nitrogen and oxygen atoms in total. The van der Waals surface area contributed by atoms with E-state index >= 15 is 0 Å². The van der Waals surface area contributed by atoms with Gasteiger partial charge in [0.1, 0.15) is 5.82 Å². The van der Waals surface area contributed by atoms with Gasteiger partial charge in [0.25, 0.3) is 0 Å². The Kier molecular flexibility index (Phi) is 5.21. The number of hydrogen-bond donors (Lipinski definition) is 1. The van der Waals surface area contributed by atoms with Crippen LogP contribution < -0.4 is 5.73 Å². The highest BCUT2D eigenvalue weighted by molar-refractivity contribution is 7.99. The van der Waals surface area contributed by atoms with Crippen molar-refractivity contribution in [3.8, 4) is 0 Å². The first-order chi connectivity index (χ1) is 9.56. The summed E-state index contributed by atoms with van der Waals surface area (Å²) in [7, 11) is 0. The van der Waals surface area contributed by atoms with Gasteiger partial charge in [-0.2, -0.15) is 0 Å². The summed E-state index contributed by atoms with van der Waals surface area (Å²) in [6, 6.07) is 14.9. The summed E-state index contributed by atoms with van der Waals surface area (Å²) in [4.78, 5) is 1.20. The Labute approximate surface area is 124 Å². The van der Waals surface area contributed by atoms with Crippen molar-refractivity contribution in [2.45, 2.75) is 30.7 Å². The molecule has 0 aliphatic carbocycles. The molecule has 2 N–H and O–H groups in total. The zero-order valence-corrected chi connectivity index (χ0v) is 12.7. The topological polar surface area (TPSA) is 26.0 Å². The first kappa shape index (κ1) is 15.1. The third-order valence-corrected chi connectivity index (χ3v) is 4.38. The third-order valence-electron chi connectivity index (χ3n) is 3.25. The molecule has 106 valence electrons. The number of nitrogens with two attached hydrogens (primary N) is 1. The lowest BCUT2D eigenvalue weighted by molar-refractivity contribution is 0.622. The van der Waals surface area contributed by atoms with Gasteiger partial charge in [-0.15, -0.1) is 11.8 Å². The number of rotatable bonds is 5. The maximum Gasteiger partial charge on any atom is 0.123 e. The normalized spacial score (nSPS) is 12.7. The van der Waals surface area contributed by atoms with Gasteiger partial charge in [0.05, 0.1) is 0 Å². The van der Waals surface area contributed by atoms with Gasteiger partial charge in [0.15, 0.2) is 0 Å². The fraction of sp³-hybridized carbons (Fsp3) is 0.294. The van der Waals surface area contributed by atoms with Gasteiger partial charge in [0, 0.05) is 16.7 Å². The molecule has 0 heterocycles. The zero-order valence-electron chi connectivity index (χ0n) is 11.8. The van der Waals surface area contributed by atoms with Gasteiger partial charge in [-0.25, -0.2) is 4.39 Å². The molecular formula is C17H20FNS. The summed E-state index contributed by atoms with van der Waals surface area (Å²) in [6.07, 6.45) is 0. The summed E-state index contributed by atoms with van der Waals surface area (Å²) >= 11 is 1.70. The lowest BCUT2D eigenvalue weighted by Crippen LogP contribution is -2.13. The van der Waals surface area contributed by atoms with Crippen LogP contribution in [-0.2, 0) is 0 Å². The van der Waals surface area contributed by atoms with Crippen LogP contribution in [0.15, 0.2) is 53.4 Å². The monoisotopic (exact) mass is 289 g/mol. The van der Waals surface area contributed by atoms with E-state index in [-0.39, 0.29) is 11.9 Å². The van der Waals surface area contributed by atoms with Crippen LogP contribution in [0.25, 0.3) is 0 Å². The van der Waals surface area contributed by atoms with Crippen LogP contribution in [0.2, 0.25) is 0 Å². The number of halogens is 1. The molecule has 0 bridgehead atoms. The number of benzene rings is 2. The van der Waals surface area contributed by atoms with Crippen LogP contribution >= 0.6 is 11.8 Å². The summed E-state index contributed by atoms with van der Waals surface area (Å²) in [6.45, 7) is 4.37. The van der Waals surface area contributed by atoms with Gasteiger partial charge in [-0.05, 0) is 41.3 Å². The Morgan fingerprint density at radius 3 is 2.35 bits per heavy atom. The maximum atomic E-state index is 13.1. The lowest BCUT2D eigenvalue weighted by Gasteiger charge is -2.12. The summed E-state index contributed by atoms with van der Waals surface area (Å²) in [5.74, 6) is 1.05. The van der Waals surface area contributed by atoms with Crippen molar-refractivity contribution in [2.75, 3.05) is 5.75 Å². The SMILES string of the molecule is CC(C)c1ccc(SCC(N)c2cccc(F)c2)cc1. The van der Waals surface area contributed by atoms with Crippen molar-refractivity contribution in [1.29, 1.82) is 0 Å². The molecule has 2 aromatic carbocycles. The van der Waals surface area contributed by atoms with Crippen molar-refractivity contribution >= 4 is 11.8 Å². The minimum absolute atomic E-state index is 0.152. The van der Waals surface area contributed by atoms with E-state index in [0.717, 1.165) is 11.3 Å². The van der Waals surface area contributed by atoms with Gasteiger partial charge in [0.2, 0.25) is 0 Å². The predicted octanol–water partition coefficient (Wildman–Crippen LogP) is 4.74. The Balaban J connectivity index is 1.94. The molecule has 0 saturated carbocycles. The molecule has 0 amide bonds. The van der Waals surface area contributed by atoms with E-state index in [4.69, 9.17) is 5.73 Å². The molecule has 0 aliphatic heterocycles. The van der Waals surface area contributed by atoms with Crippen molar-refractivity contribution in [1.82, 2.24) is 0 Å². The minimum atomic E-state index is -0.232. The standard InChI is InChI=1S/C17H20FNS/c1-12(2)13-6-8-16(9-7-13)20-11-17(19)14-4-3-5-15(18)10-14/h3-10,12,17H,11,19H2,1-2H3. The highest BCUT2D eigenvalue weighted by Gasteiger charge is 2.08. The molecule has 0 spiro atoms. The summed E-state index contributed by atoms with van der Waals surface area (Å²) in [5, 5.41) is 0. The van der Waals surface area contributed by atoms with Gasteiger partial charge in [-0.3, -0.25) is 0 Å². The van der Waals surface area contributed by atoms with E-state index in [2.05, 4.69) is 38.1 Å². The van der Waals surface area contributed by atoms with Crippen molar-refractivity contribution in [3.63, 3.8) is 0 Å². The third kappa shape index (κ3) is 4.09. The van der Waals surface area contributed by atoms with E-state index in [9.17, 15) is 4.39 Å². The van der Waals surface area contributed by atoms with Crippen molar-refractivity contribution < 1.29 is 4.39 Å². The highest BCUT2D eigenvalue weighted by atomic mass is 32.2. The van der Waals surface area contributed by atoms with Crippen LogP contribution in [0, 0.1) is 5.82 Å². The average molecular weight is 289 g/mol. The quantitative estimate of drug-likeness (QED) is 0.804. The van der Waals surface area contributed by atoms with E-state index in [1.807, 2.05) is 6.07 Å². The van der Waals surface area contributed by atoms with E-state index in [1.54, 1.807) is 17.8 Å². The lowest BCUT2D eigenvalue weighted by atomic mass is 10.0. The molecule has 2 rings (SSSR count). The Hall–Kier alpha value is -1.32. The predicted molar refractivity (Wildman–Crippen MR) is 84.6 cm³/mol. The number of hydrogen-bond acceptors (Lipinski definition) is 2. The Bertz CT molecular complexity index is 551. The van der Waals surface area contributed by atoms with Gasteiger partial charge < -0.3 is 5.73 Å². The molecule has 1 unspecified atom stereocenters. The minimum Gasteiger partial charge on any atom is -0.323 e. The summed E-state index contributed by atoms with van der Waals surface area (Å²) < 4.78 is 13.1. The molecule has 0 radical (unpaired) electrons. The molecular weight excluding hydrogens is 269 g/mol. The second kappa shape index (κ2) is 6.91. The maximum absolute atomic E-state index is 13.1. The van der Waals surface area contributed by atoms with Crippen LogP contribution in [0.4, 0.5) is 4.39 Å². The fourth-order valence-electron chi connectivity index (χ4n) is 1.97. The second-order valence-electron chi connectivity index (χ2n) is 5.20. The second-order valence-corrected chi connectivity index (χ2v) is 6.29. The largest absolute Gasteiger partial charge is 0.323 e. The molecule has 2 aromatic rings. The fourth-order valence-corrected chi connectivity index (χ4v) is 2.86. The first-order valence-electron chi connectivity index (χ1n) is 6.80. The Morgan fingerprint density at radius 2 is 1.75 bits per heavy atom. The average Bonchev–Trinajstić information content (AvgIpc) is 2.45. The van der Waals surface area contributed by atoms with E-state index in [1.165, 1.54) is 22.6 Å².